The van der Waals surface area contributed by atoms with E-state index in [-0.39, 0.29) is 12.0 Å². The van der Waals surface area contributed by atoms with Crippen molar-refractivity contribution in [1.82, 2.24) is 4.90 Å². The van der Waals surface area contributed by atoms with Crippen molar-refractivity contribution in [2.24, 2.45) is 11.7 Å². The molecule has 1 saturated heterocycles. The van der Waals surface area contributed by atoms with E-state index in [2.05, 4.69) is 0 Å². The lowest BCUT2D eigenvalue weighted by molar-refractivity contribution is -0.0313. The molecule has 0 bridgehead atoms. The summed E-state index contributed by atoms with van der Waals surface area (Å²) in [5.41, 5.74) is 6.04. The molecule has 1 aliphatic carbocycles. The number of nitrogens with two attached hydrogens (primary N) is 1. The van der Waals surface area contributed by atoms with Crippen LogP contribution in [0.3, 0.4) is 0 Å². The van der Waals surface area contributed by atoms with Gasteiger partial charge < -0.3 is 20.1 Å². The minimum Gasteiger partial charge on any atom is -0.492 e. The van der Waals surface area contributed by atoms with Crippen molar-refractivity contribution < 1.29 is 14.3 Å². The van der Waals surface area contributed by atoms with Crippen LogP contribution in [0.15, 0.2) is 18.2 Å². The van der Waals surface area contributed by atoms with Crippen LogP contribution in [0.25, 0.3) is 0 Å². The zero-order chi connectivity index (χ0) is 16.2. The molecule has 1 aromatic rings. The Bertz CT molecular complexity index is 563. The zero-order valence-corrected chi connectivity index (χ0v) is 13.9. The summed E-state index contributed by atoms with van der Waals surface area (Å²) in [4.78, 5) is 14.5. The van der Waals surface area contributed by atoms with Crippen LogP contribution >= 0.6 is 11.6 Å². The van der Waals surface area contributed by atoms with Gasteiger partial charge in [0, 0.05) is 18.7 Å². The third-order valence-corrected chi connectivity index (χ3v) is 4.61. The molecular weight excluding hydrogens is 316 g/mol. The molecule has 2 fully saturated rings. The summed E-state index contributed by atoms with van der Waals surface area (Å²) in [6.07, 6.45) is 3.40. The van der Waals surface area contributed by atoms with E-state index in [0.29, 0.717) is 55.1 Å². The molecule has 1 heterocycles. The molecule has 2 N–H and O–H groups in total. The third kappa shape index (κ3) is 4.16. The number of benzene rings is 1. The molecule has 1 saturated carbocycles. The van der Waals surface area contributed by atoms with Crippen LogP contribution in [0.2, 0.25) is 5.02 Å². The Balaban J connectivity index is 1.63. The molecule has 1 aliphatic heterocycles. The number of halogens is 1. The Morgan fingerprint density at radius 2 is 2.26 bits per heavy atom. The second-order valence-electron chi connectivity index (χ2n) is 6.13. The second-order valence-corrected chi connectivity index (χ2v) is 6.54. The van der Waals surface area contributed by atoms with Gasteiger partial charge in [-0.1, -0.05) is 11.6 Å². The van der Waals surface area contributed by atoms with E-state index < -0.39 is 0 Å². The summed E-state index contributed by atoms with van der Waals surface area (Å²) in [5, 5.41) is 0.458. The summed E-state index contributed by atoms with van der Waals surface area (Å²) in [5.74, 6) is 1.23. The van der Waals surface area contributed by atoms with Crippen LogP contribution in [-0.4, -0.2) is 49.8 Å². The molecule has 0 radical (unpaired) electrons. The highest BCUT2D eigenvalue weighted by atomic mass is 35.5. The van der Waals surface area contributed by atoms with Gasteiger partial charge in [0.25, 0.3) is 5.91 Å². The first-order valence-electron chi connectivity index (χ1n) is 8.22. The van der Waals surface area contributed by atoms with Crippen LogP contribution in [-0.2, 0) is 4.74 Å². The normalized spacial score (nSPS) is 21.3. The molecule has 5 nitrogen and oxygen atoms in total. The zero-order valence-electron chi connectivity index (χ0n) is 13.2. The maximum absolute atomic E-state index is 12.7. The Morgan fingerprint density at radius 3 is 2.96 bits per heavy atom. The lowest BCUT2D eigenvalue weighted by Crippen LogP contribution is -2.46. The smallest absolute Gasteiger partial charge is 0.254 e. The Kier molecular flexibility index (Phi) is 5.41. The van der Waals surface area contributed by atoms with Crippen molar-refractivity contribution in [3.8, 4) is 5.75 Å². The third-order valence-electron chi connectivity index (χ3n) is 4.31. The molecule has 1 unspecified atom stereocenters. The monoisotopic (exact) mass is 338 g/mol. The summed E-state index contributed by atoms with van der Waals surface area (Å²) in [7, 11) is 0. The standard InChI is InChI=1S/C17H23ClN2O3/c18-14-10-13(4-5-15(14)22-8-1-6-19)17(21)20-7-9-23-16(11-20)12-2-3-12/h4-5,10,12,16H,1-3,6-9,11,19H2. The fraction of sp³-hybridized carbons (Fsp3) is 0.588. The van der Waals surface area contributed by atoms with Crippen LogP contribution in [0.5, 0.6) is 5.75 Å². The molecule has 23 heavy (non-hydrogen) atoms. The van der Waals surface area contributed by atoms with Crippen LogP contribution in [0, 0.1) is 5.92 Å². The first kappa shape index (κ1) is 16.6. The number of rotatable bonds is 6. The molecule has 3 rings (SSSR count). The van der Waals surface area contributed by atoms with Crippen LogP contribution in [0.1, 0.15) is 29.6 Å². The molecule has 0 spiro atoms. The van der Waals surface area contributed by atoms with Gasteiger partial charge in [-0.2, -0.15) is 0 Å². The maximum atomic E-state index is 12.7. The largest absolute Gasteiger partial charge is 0.492 e. The SMILES string of the molecule is NCCCOc1ccc(C(=O)N2CCOC(C3CC3)C2)cc1Cl. The van der Waals surface area contributed by atoms with E-state index in [1.54, 1.807) is 18.2 Å². The number of morpholine rings is 1. The van der Waals surface area contributed by atoms with E-state index in [4.69, 9.17) is 26.8 Å². The molecule has 1 atom stereocenters. The Morgan fingerprint density at radius 1 is 1.43 bits per heavy atom. The number of hydrogen-bond acceptors (Lipinski definition) is 4. The van der Waals surface area contributed by atoms with E-state index in [1.165, 1.54) is 12.8 Å². The van der Waals surface area contributed by atoms with Gasteiger partial charge in [-0.05, 0) is 49.9 Å². The maximum Gasteiger partial charge on any atom is 0.254 e. The number of amides is 1. The number of carbonyl (C=O) groups is 1. The van der Waals surface area contributed by atoms with Gasteiger partial charge in [0.05, 0.1) is 24.3 Å². The van der Waals surface area contributed by atoms with E-state index >= 15 is 0 Å². The first-order chi connectivity index (χ1) is 11.2. The van der Waals surface area contributed by atoms with Crippen molar-refractivity contribution in [1.29, 1.82) is 0 Å². The molecule has 1 aromatic carbocycles. The summed E-state index contributed by atoms with van der Waals surface area (Å²) in [6, 6.07) is 5.21. The number of ether oxygens (including phenoxy) is 2. The van der Waals surface area contributed by atoms with Gasteiger partial charge in [-0.3, -0.25) is 4.79 Å². The highest BCUT2D eigenvalue weighted by Crippen LogP contribution is 2.36. The van der Waals surface area contributed by atoms with Gasteiger partial charge in [-0.25, -0.2) is 0 Å². The van der Waals surface area contributed by atoms with E-state index in [0.717, 1.165) is 6.42 Å². The quantitative estimate of drug-likeness (QED) is 0.808. The summed E-state index contributed by atoms with van der Waals surface area (Å²) >= 11 is 6.23. The van der Waals surface area contributed by atoms with Gasteiger partial charge in [0.1, 0.15) is 5.75 Å². The fourth-order valence-corrected chi connectivity index (χ4v) is 3.05. The number of carbonyl (C=O) groups excluding carboxylic acids is 1. The van der Waals surface area contributed by atoms with Crippen molar-refractivity contribution in [2.75, 3.05) is 32.8 Å². The van der Waals surface area contributed by atoms with Gasteiger partial charge in [0.2, 0.25) is 0 Å². The summed E-state index contributed by atoms with van der Waals surface area (Å²) in [6.45, 7) is 3.02. The fourth-order valence-electron chi connectivity index (χ4n) is 2.81. The average Bonchev–Trinajstić information content (AvgIpc) is 3.41. The van der Waals surface area contributed by atoms with Crippen LogP contribution in [0.4, 0.5) is 0 Å². The molecule has 0 aromatic heterocycles. The number of hydrogen-bond donors (Lipinski definition) is 1. The highest BCUT2D eigenvalue weighted by molar-refractivity contribution is 6.32. The second kappa shape index (κ2) is 7.51. The Labute approximate surface area is 141 Å². The minimum atomic E-state index is 0.00866. The van der Waals surface area contributed by atoms with Gasteiger partial charge in [0.15, 0.2) is 0 Å². The van der Waals surface area contributed by atoms with Crippen molar-refractivity contribution in [3.63, 3.8) is 0 Å². The lowest BCUT2D eigenvalue weighted by atomic mass is 10.1. The van der Waals surface area contributed by atoms with Gasteiger partial charge in [-0.15, -0.1) is 0 Å². The molecule has 126 valence electrons. The number of nitrogens with zero attached hydrogens (tertiary/aromatic N) is 1. The highest BCUT2D eigenvalue weighted by Gasteiger charge is 2.36. The van der Waals surface area contributed by atoms with Crippen molar-refractivity contribution in [2.45, 2.75) is 25.4 Å². The first-order valence-corrected chi connectivity index (χ1v) is 8.60. The van der Waals surface area contributed by atoms with Gasteiger partial charge >= 0.3 is 0 Å². The molecule has 2 aliphatic rings. The average molecular weight is 339 g/mol. The Hall–Kier alpha value is -1.30. The predicted octanol–water partition coefficient (Wildman–Crippen LogP) is 2.32. The van der Waals surface area contributed by atoms with Crippen LogP contribution < -0.4 is 10.5 Å². The van der Waals surface area contributed by atoms with Crippen molar-refractivity contribution in [3.05, 3.63) is 28.8 Å². The minimum absolute atomic E-state index is 0.00866. The topological polar surface area (TPSA) is 64.8 Å². The lowest BCUT2D eigenvalue weighted by Gasteiger charge is -2.33. The van der Waals surface area contributed by atoms with E-state index in [1.807, 2.05) is 4.90 Å². The predicted molar refractivity (Wildman–Crippen MR) is 89.0 cm³/mol. The molecule has 6 heteroatoms. The van der Waals surface area contributed by atoms with Crippen molar-refractivity contribution >= 4 is 17.5 Å². The summed E-state index contributed by atoms with van der Waals surface area (Å²) < 4.78 is 11.3. The molecular formula is C17H23ClN2O3. The van der Waals surface area contributed by atoms with E-state index in [9.17, 15) is 4.79 Å². The molecule has 1 amide bonds.